The molecule has 1 atom stereocenters. The number of hydrogen-bond donors (Lipinski definition) is 1. The van der Waals surface area contributed by atoms with Gasteiger partial charge in [-0.25, -0.2) is 15.0 Å². The Hall–Kier alpha value is -3.10. The lowest BCUT2D eigenvalue weighted by molar-refractivity contribution is -0.0349. The molecule has 4 rings (SSSR count). The summed E-state index contributed by atoms with van der Waals surface area (Å²) in [5.41, 5.74) is 3.27. The molecule has 8 heteroatoms. The average Bonchev–Trinajstić information content (AvgIpc) is 2.78. The van der Waals surface area contributed by atoms with Crippen molar-refractivity contribution in [2.75, 3.05) is 38.7 Å². The fourth-order valence-electron chi connectivity index (χ4n) is 3.83. The molecule has 1 aromatic carbocycles. The van der Waals surface area contributed by atoms with Crippen molar-refractivity contribution in [3.05, 3.63) is 59.5 Å². The predicted molar refractivity (Wildman–Crippen MR) is 125 cm³/mol. The van der Waals surface area contributed by atoms with E-state index in [1.54, 1.807) is 0 Å². The summed E-state index contributed by atoms with van der Waals surface area (Å²) in [5, 5.41) is 3.85. The van der Waals surface area contributed by atoms with Gasteiger partial charge in [0.05, 0.1) is 23.4 Å². The molecule has 2 aromatic heterocycles. The summed E-state index contributed by atoms with van der Waals surface area (Å²) in [6.45, 7) is 6.76. The smallest absolute Gasteiger partial charge is 0.252 e. The molecule has 1 amide bonds. The summed E-state index contributed by atoms with van der Waals surface area (Å²) < 4.78 is 6.07. The van der Waals surface area contributed by atoms with Gasteiger partial charge in [0.2, 0.25) is 5.95 Å². The monoisotopic (exact) mass is 434 g/mol. The van der Waals surface area contributed by atoms with Crippen LogP contribution in [-0.2, 0) is 11.3 Å². The maximum Gasteiger partial charge on any atom is 0.252 e. The van der Waals surface area contributed by atoms with Gasteiger partial charge >= 0.3 is 0 Å². The lowest BCUT2D eigenvalue weighted by Gasteiger charge is -2.32. The molecule has 1 N–H and O–H groups in total. The van der Waals surface area contributed by atoms with Crippen LogP contribution in [0.5, 0.6) is 0 Å². The first-order valence-corrected chi connectivity index (χ1v) is 10.9. The number of morpholine rings is 1. The molecule has 8 nitrogen and oxygen atoms in total. The highest BCUT2D eigenvalue weighted by Crippen LogP contribution is 2.27. The first kappa shape index (κ1) is 22.1. The number of nitrogens with zero attached hydrogens (tertiary/aromatic N) is 5. The standard InChI is InChI=1S/C24H30N6O2/c1-16(2)27-23(31)19-11-21(28-20-8-6-5-7-18(19)20)22-15-30(9-10-32-22)14-17-12-25-24(26-13-17)29(3)4/h5-8,11-13,16,22H,9-10,14-15H2,1-4H3,(H,27,31)/t22-/m1/s1. The molecule has 168 valence electrons. The molecular formula is C24H30N6O2. The zero-order valence-electron chi connectivity index (χ0n) is 19.1. The maximum absolute atomic E-state index is 12.9. The molecule has 1 saturated heterocycles. The van der Waals surface area contributed by atoms with Crippen LogP contribution in [0.1, 0.15) is 41.6 Å². The van der Waals surface area contributed by atoms with Crippen molar-refractivity contribution >= 4 is 22.8 Å². The topological polar surface area (TPSA) is 83.5 Å². The number of carbonyl (C=O) groups is 1. The van der Waals surface area contributed by atoms with Crippen LogP contribution in [0.3, 0.4) is 0 Å². The normalized spacial score (nSPS) is 17.0. The van der Waals surface area contributed by atoms with E-state index in [0.717, 1.165) is 35.2 Å². The van der Waals surface area contributed by atoms with Crippen molar-refractivity contribution in [3.63, 3.8) is 0 Å². The first-order valence-electron chi connectivity index (χ1n) is 10.9. The fraction of sp³-hybridized carbons (Fsp3) is 0.417. The minimum Gasteiger partial charge on any atom is -0.369 e. The second-order valence-corrected chi connectivity index (χ2v) is 8.62. The van der Waals surface area contributed by atoms with Crippen LogP contribution in [-0.4, -0.2) is 65.6 Å². The van der Waals surface area contributed by atoms with Gasteiger partial charge in [-0.05, 0) is 26.0 Å². The number of anilines is 1. The van der Waals surface area contributed by atoms with Gasteiger partial charge in [0.1, 0.15) is 6.10 Å². The molecule has 1 fully saturated rings. The molecule has 0 spiro atoms. The van der Waals surface area contributed by atoms with Gasteiger partial charge < -0.3 is 15.0 Å². The molecule has 0 aliphatic carbocycles. The highest BCUT2D eigenvalue weighted by atomic mass is 16.5. The van der Waals surface area contributed by atoms with Crippen molar-refractivity contribution in [2.45, 2.75) is 32.5 Å². The van der Waals surface area contributed by atoms with E-state index >= 15 is 0 Å². The number of rotatable bonds is 6. The largest absolute Gasteiger partial charge is 0.369 e. The summed E-state index contributed by atoms with van der Waals surface area (Å²) >= 11 is 0. The highest BCUT2D eigenvalue weighted by Gasteiger charge is 2.25. The van der Waals surface area contributed by atoms with E-state index in [4.69, 9.17) is 9.72 Å². The number of nitrogens with one attached hydrogen (secondary N) is 1. The van der Waals surface area contributed by atoms with Gasteiger partial charge in [-0.15, -0.1) is 0 Å². The van der Waals surface area contributed by atoms with Crippen LogP contribution < -0.4 is 10.2 Å². The summed E-state index contributed by atoms with van der Waals surface area (Å²) in [6, 6.07) is 9.68. The maximum atomic E-state index is 12.9. The minimum absolute atomic E-state index is 0.0559. The SMILES string of the molecule is CC(C)NC(=O)c1cc([C@H]2CN(Cc3cnc(N(C)C)nc3)CCO2)nc2ccccc12. The number of fused-ring (bicyclic) bond motifs is 1. The molecule has 0 bridgehead atoms. The molecule has 1 aliphatic rings. The summed E-state index contributed by atoms with van der Waals surface area (Å²) in [5.74, 6) is 0.604. The van der Waals surface area contributed by atoms with E-state index in [1.807, 2.05) is 75.6 Å². The Kier molecular flexibility index (Phi) is 6.62. The molecule has 0 radical (unpaired) electrons. The van der Waals surface area contributed by atoms with Gasteiger partial charge in [-0.1, -0.05) is 18.2 Å². The number of aromatic nitrogens is 3. The predicted octanol–water partition coefficient (Wildman–Crippen LogP) is 2.80. The zero-order chi connectivity index (χ0) is 22.7. The van der Waals surface area contributed by atoms with Crippen molar-refractivity contribution in [1.82, 2.24) is 25.2 Å². The molecule has 1 aliphatic heterocycles. The fourth-order valence-corrected chi connectivity index (χ4v) is 3.83. The quantitative estimate of drug-likeness (QED) is 0.639. The number of amides is 1. The highest BCUT2D eigenvalue weighted by molar-refractivity contribution is 6.06. The van der Waals surface area contributed by atoms with Crippen LogP contribution in [0.4, 0.5) is 5.95 Å². The second-order valence-electron chi connectivity index (χ2n) is 8.62. The summed E-state index contributed by atoms with van der Waals surface area (Å²) in [7, 11) is 3.85. The lowest BCUT2D eigenvalue weighted by Crippen LogP contribution is -2.38. The Balaban J connectivity index is 1.56. The van der Waals surface area contributed by atoms with E-state index in [0.29, 0.717) is 24.7 Å². The van der Waals surface area contributed by atoms with Gasteiger partial charge in [-0.3, -0.25) is 9.69 Å². The lowest BCUT2D eigenvalue weighted by atomic mass is 10.0. The van der Waals surface area contributed by atoms with E-state index < -0.39 is 0 Å². The molecule has 0 saturated carbocycles. The van der Waals surface area contributed by atoms with E-state index in [2.05, 4.69) is 20.2 Å². The third-order valence-electron chi connectivity index (χ3n) is 5.38. The number of pyridine rings is 1. The Morgan fingerprint density at radius 2 is 2.00 bits per heavy atom. The second kappa shape index (κ2) is 9.58. The average molecular weight is 435 g/mol. The number of hydrogen-bond acceptors (Lipinski definition) is 7. The van der Waals surface area contributed by atoms with E-state index in [1.165, 1.54) is 0 Å². The van der Waals surface area contributed by atoms with Gasteiger partial charge in [-0.2, -0.15) is 0 Å². The van der Waals surface area contributed by atoms with Gasteiger partial charge in [0, 0.05) is 63.1 Å². The zero-order valence-corrected chi connectivity index (χ0v) is 19.1. The van der Waals surface area contributed by atoms with E-state index in [-0.39, 0.29) is 18.1 Å². The summed E-state index contributed by atoms with van der Waals surface area (Å²) in [4.78, 5) is 30.7. The molecule has 3 aromatic rings. The van der Waals surface area contributed by atoms with Crippen molar-refractivity contribution in [1.29, 1.82) is 0 Å². The number of benzene rings is 1. The third-order valence-corrected chi connectivity index (χ3v) is 5.38. The Morgan fingerprint density at radius 3 is 2.72 bits per heavy atom. The molecule has 3 heterocycles. The number of ether oxygens (including phenoxy) is 1. The van der Waals surface area contributed by atoms with Crippen LogP contribution in [0, 0.1) is 0 Å². The molecular weight excluding hydrogens is 404 g/mol. The van der Waals surface area contributed by atoms with Crippen molar-refractivity contribution in [3.8, 4) is 0 Å². The summed E-state index contributed by atoms with van der Waals surface area (Å²) in [6.07, 6.45) is 3.53. The molecule has 0 unspecified atom stereocenters. The first-order chi connectivity index (χ1) is 15.4. The van der Waals surface area contributed by atoms with Gasteiger partial charge in [0.15, 0.2) is 0 Å². The van der Waals surface area contributed by atoms with Crippen LogP contribution in [0.15, 0.2) is 42.7 Å². The minimum atomic E-state index is -0.207. The number of carbonyl (C=O) groups excluding carboxylic acids is 1. The van der Waals surface area contributed by atoms with Crippen molar-refractivity contribution in [2.24, 2.45) is 0 Å². The Labute approximate surface area is 188 Å². The van der Waals surface area contributed by atoms with Crippen molar-refractivity contribution < 1.29 is 9.53 Å². The Morgan fingerprint density at radius 1 is 1.25 bits per heavy atom. The Bertz CT molecular complexity index is 1080. The van der Waals surface area contributed by atoms with Gasteiger partial charge in [0.25, 0.3) is 5.91 Å². The van der Waals surface area contributed by atoms with Crippen LogP contribution in [0.2, 0.25) is 0 Å². The third kappa shape index (κ3) is 5.03. The van der Waals surface area contributed by atoms with E-state index in [9.17, 15) is 4.79 Å². The van der Waals surface area contributed by atoms with Crippen LogP contribution >= 0.6 is 0 Å². The number of para-hydroxylation sites is 1. The molecule has 32 heavy (non-hydrogen) atoms. The van der Waals surface area contributed by atoms with Crippen LogP contribution in [0.25, 0.3) is 10.9 Å².